The van der Waals surface area contributed by atoms with Gasteiger partial charge in [0.2, 0.25) is 0 Å². The van der Waals surface area contributed by atoms with Gasteiger partial charge in [-0.1, -0.05) is 0 Å². The number of rotatable bonds is 3. The number of aliphatic hydroxyl groups excluding tert-OH is 1. The molecule has 5 nitrogen and oxygen atoms in total. The molecule has 8 heteroatoms. The molecule has 118 valence electrons. The van der Waals surface area contributed by atoms with Gasteiger partial charge in [-0.05, 0) is 45.0 Å². The molecule has 1 N–H and O–H groups in total. The summed E-state index contributed by atoms with van der Waals surface area (Å²) in [4.78, 5) is 12.7. The largest absolute Gasteiger partial charge is 0.573 e. The Morgan fingerprint density at radius 2 is 1.71 bits per heavy atom. The molecule has 0 fully saturated rings. The first-order chi connectivity index (χ1) is 9.52. The van der Waals surface area contributed by atoms with E-state index < -0.39 is 30.5 Å². The Morgan fingerprint density at radius 3 is 2.10 bits per heavy atom. The third kappa shape index (κ3) is 5.90. The molecule has 0 saturated heterocycles. The van der Waals surface area contributed by atoms with E-state index in [4.69, 9.17) is 4.74 Å². The SMILES string of the molecule is CC(C)(C)OC(=O)N(CO)c1ccc(OC(F)(F)F)cc1. The fraction of sp³-hybridized carbons (Fsp3) is 0.462. The monoisotopic (exact) mass is 307 g/mol. The molecule has 0 aliphatic carbocycles. The first kappa shape index (κ1) is 17.1. The van der Waals surface area contributed by atoms with Crippen molar-refractivity contribution in [3.05, 3.63) is 24.3 Å². The Hall–Kier alpha value is -1.96. The van der Waals surface area contributed by atoms with Gasteiger partial charge in [-0.3, -0.25) is 4.90 Å². The fourth-order valence-corrected chi connectivity index (χ4v) is 1.39. The predicted octanol–water partition coefficient (Wildman–Crippen LogP) is 3.28. The van der Waals surface area contributed by atoms with Crippen molar-refractivity contribution >= 4 is 11.8 Å². The van der Waals surface area contributed by atoms with Gasteiger partial charge in [-0.15, -0.1) is 13.2 Å². The Morgan fingerprint density at radius 1 is 1.19 bits per heavy atom. The maximum absolute atomic E-state index is 12.0. The van der Waals surface area contributed by atoms with E-state index in [1.165, 1.54) is 12.1 Å². The van der Waals surface area contributed by atoms with Crippen LogP contribution in [0.5, 0.6) is 5.75 Å². The van der Waals surface area contributed by atoms with Crippen LogP contribution >= 0.6 is 0 Å². The number of nitrogens with zero attached hydrogens (tertiary/aromatic N) is 1. The van der Waals surface area contributed by atoms with E-state index >= 15 is 0 Å². The summed E-state index contributed by atoms with van der Waals surface area (Å²) in [5.74, 6) is -0.423. The van der Waals surface area contributed by atoms with Crippen molar-refractivity contribution in [2.45, 2.75) is 32.7 Å². The number of carbonyl (C=O) groups is 1. The third-order valence-electron chi connectivity index (χ3n) is 2.14. The number of hydrogen-bond donors (Lipinski definition) is 1. The third-order valence-corrected chi connectivity index (χ3v) is 2.14. The summed E-state index contributed by atoms with van der Waals surface area (Å²) in [6.45, 7) is 4.29. The van der Waals surface area contributed by atoms with Crippen LogP contribution in [0.4, 0.5) is 23.7 Å². The summed E-state index contributed by atoms with van der Waals surface area (Å²) in [6, 6.07) is 4.49. The second kappa shape index (κ2) is 6.21. The van der Waals surface area contributed by atoms with Crippen molar-refractivity contribution < 1.29 is 32.5 Å². The van der Waals surface area contributed by atoms with E-state index in [0.29, 0.717) is 0 Å². The molecule has 0 spiro atoms. The number of benzene rings is 1. The molecule has 0 aromatic heterocycles. The van der Waals surface area contributed by atoms with Crippen LogP contribution in [0.25, 0.3) is 0 Å². The smallest absolute Gasteiger partial charge is 0.443 e. The molecule has 0 heterocycles. The lowest BCUT2D eigenvalue weighted by Crippen LogP contribution is -2.37. The summed E-state index contributed by atoms with van der Waals surface area (Å²) in [7, 11) is 0. The second-order valence-corrected chi connectivity index (χ2v) is 5.09. The number of halogens is 3. The van der Waals surface area contributed by atoms with Gasteiger partial charge in [0, 0.05) is 5.69 Å². The Labute approximate surface area is 119 Å². The number of hydrogen-bond acceptors (Lipinski definition) is 4. The molecule has 0 unspecified atom stereocenters. The van der Waals surface area contributed by atoms with Crippen LogP contribution in [0.15, 0.2) is 24.3 Å². The predicted molar refractivity (Wildman–Crippen MR) is 68.9 cm³/mol. The average Bonchev–Trinajstić information content (AvgIpc) is 2.28. The van der Waals surface area contributed by atoms with Crippen LogP contribution in [0.2, 0.25) is 0 Å². The number of amides is 1. The van der Waals surface area contributed by atoms with Crippen LogP contribution in [0.3, 0.4) is 0 Å². The average molecular weight is 307 g/mol. The number of ether oxygens (including phenoxy) is 2. The molecular weight excluding hydrogens is 291 g/mol. The highest BCUT2D eigenvalue weighted by Gasteiger charge is 2.31. The van der Waals surface area contributed by atoms with E-state index in [2.05, 4.69) is 4.74 Å². The molecule has 1 rings (SSSR count). The molecule has 0 aliphatic heterocycles. The van der Waals surface area contributed by atoms with Gasteiger partial charge in [-0.2, -0.15) is 0 Å². The Kier molecular flexibility index (Phi) is 5.06. The molecule has 0 aliphatic rings. The van der Waals surface area contributed by atoms with Crippen LogP contribution in [0.1, 0.15) is 20.8 Å². The standard InChI is InChI=1S/C13H16F3NO4/c1-12(2,3)21-11(19)17(8-18)9-4-6-10(7-5-9)20-13(14,15)16/h4-7,18H,8H2,1-3H3. The lowest BCUT2D eigenvalue weighted by Gasteiger charge is -2.26. The number of alkyl halides is 3. The van der Waals surface area contributed by atoms with Crippen LogP contribution in [0, 0.1) is 0 Å². The van der Waals surface area contributed by atoms with Crippen LogP contribution in [-0.2, 0) is 4.74 Å². The highest BCUT2D eigenvalue weighted by molar-refractivity contribution is 5.87. The zero-order valence-corrected chi connectivity index (χ0v) is 11.8. The van der Waals surface area contributed by atoms with E-state index in [1.807, 2.05) is 0 Å². The van der Waals surface area contributed by atoms with Crippen molar-refractivity contribution in [2.24, 2.45) is 0 Å². The quantitative estimate of drug-likeness (QED) is 0.871. The molecule has 0 radical (unpaired) electrons. The summed E-state index contributed by atoms with van der Waals surface area (Å²) in [6.07, 6.45) is -5.60. The zero-order chi connectivity index (χ0) is 16.3. The van der Waals surface area contributed by atoms with Crippen molar-refractivity contribution in [3.8, 4) is 5.75 Å². The number of anilines is 1. The highest BCUT2D eigenvalue weighted by atomic mass is 19.4. The molecule has 1 aromatic carbocycles. The Bertz CT molecular complexity index is 480. The normalized spacial score (nSPS) is 12.0. The highest BCUT2D eigenvalue weighted by Crippen LogP contribution is 2.26. The second-order valence-electron chi connectivity index (χ2n) is 5.09. The van der Waals surface area contributed by atoms with E-state index in [9.17, 15) is 23.1 Å². The van der Waals surface area contributed by atoms with Gasteiger partial charge in [0.25, 0.3) is 0 Å². The van der Waals surface area contributed by atoms with Gasteiger partial charge < -0.3 is 14.6 Å². The first-order valence-electron chi connectivity index (χ1n) is 5.99. The number of carbonyl (C=O) groups excluding carboxylic acids is 1. The minimum absolute atomic E-state index is 0.182. The Balaban J connectivity index is 2.85. The summed E-state index contributed by atoms with van der Waals surface area (Å²) in [5.41, 5.74) is -0.578. The van der Waals surface area contributed by atoms with Gasteiger partial charge in [0.15, 0.2) is 0 Å². The van der Waals surface area contributed by atoms with Crippen LogP contribution < -0.4 is 9.64 Å². The van der Waals surface area contributed by atoms with Gasteiger partial charge in [0.1, 0.15) is 18.1 Å². The lowest BCUT2D eigenvalue weighted by molar-refractivity contribution is -0.274. The molecule has 1 aromatic rings. The van der Waals surface area contributed by atoms with E-state index in [1.54, 1.807) is 20.8 Å². The van der Waals surface area contributed by atoms with E-state index in [0.717, 1.165) is 17.0 Å². The maximum Gasteiger partial charge on any atom is 0.573 e. The summed E-state index contributed by atoms with van der Waals surface area (Å²) >= 11 is 0. The molecular formula is C13H16F3NO4. The molecule has 21 heavy (non-hydrogen) atoms. The zero-order valence-electron chi connectivity index (χ0n) is 11.8. The van der Waals surface area contributed by atoms with Crippen molar-refractivity contribution in [2.75, 3.05) is 11.6 Å². The number of aliphatic hydroxyl groups is 1. The molecule has 1 amide bonds. The molecule has 0 bridgehead atoms. The molecule has 0 saturated carbocycles. The van der Waals surface area contributed by atoms with Crippen molar-refractivity contribution in [3.63, 3.8) is 0 Å². The van der Waals surface area contributed by atoms with Gasteiger partial charge in [-0.25, -0.2) is 4.79 Å². The fourth-order valence-electron chi connectivity index (χ4n) is 1.39. The first-order valence-corrected chi connectivity index (χ1v) is 5.99. The van der Waals surface area contributed by atoms with Gasteiger partial charge in [0.05, 0.1) is 0 Å². The minimum atomic E-state index is -4.79. The molecule has 0 atom stereocenters. The van der Waals surface area contributed by atoms with Gasteiger partial charge >= 0.3 is 12.5 Å². The lowest BCUT2D eigenvalue weighted by atomic mass is 10.2. The minimum Gasteiger partial charge on any atom is -0.443 e. The summed E-state index contributed by atoms with van der Waals surface area (Å²) in [5, 5.41) is 9.22. The van der Waals surface area contributed by atoms with Crippen LogP contribution in [-0.4, -0.2) is 29.9 Å². The van der Waals surface area contributed by atoms with Crippen molar-refractivity contribution in [1.82, 2.24) is 0 Å². The summed E-state index contributed by atoms with van der Waals surface area (Å²) < 4.78 is 44.9. The van der Waals surface area contributed by atoms with E-state index in [-0.39, 0.29) is 5.69 Å². The topological polar surface area (TPSA) is 59.0 Å². The maximum atomic E-state index is 12.0. The van der Waals surface area contributed by atoms with Crippen molar-refractivity contribution in [1.29, 1.82) is 0 Å².